The van der Waals surface area contributed by atoms with Crippen LogP contribution < -0.4 is 4.74 Å². The zero-order valence-electron chi connectivity index (χ0n) is 9.91. The number of halogens is 4. The van der Waals surface area contributed by atoms with Gasteiger partial charge in [-0.3, -0.25) is 4.68 Å². The van der Waals surface area contributed by atoms with Gasteiger partial charge in [-0.25, -0.2) is 4.39 Å². The van der Waals surface area contributed by atoms with Crippen LogP contribution >= 0.6 is 0 Å². The summed E-state index contributed by atoms with van der Waals surface area (Å²) in [5.74, 6) is -0.560. The number of methoxy groups -OCH3 is 1. The summed E-state index contributed by atoms with van der Waals surface area (Å²) < 4.78 is 56.7. The second-order valence-electron chi connectivity index (χ2n) is 3.83. The van der Waals surface area contributed by atoms with Gasteiger partial charge in [0.05, 0.1) is 13.7 Å². The highest BCUT2D eigenvalue weighted by atomic mass is 19.4. The van der Waals surface area contributed by atoms with E-state index in [-0.39, 0.29) is 17.9 Å². The average molecular weight is 274 g/mol. The van der Waals surface area contributed by atoms with E-state index in [4.69, 9.17) is 4.74 Å². The molecule has 0 bridgehead atoms. The van der Waals surface area contributed by atoms with Crippen LogP contribution in [0.2, 0.25) is 0 Å². The molecule has 0 amide bonds. The van der Waals surface area contributed by atoms with Gasteiger partial charge in [0.15, 0.2) is 17.3 Å². The predicted octanol–water partition coefficient (Wildman–Crippen LogP) is 3.10. The lowest BCUT2D eigenvalue weighted by molar-refractivity contribution is -0.141. The molecule has 0 fully saturated rings. The van der Waals surface area contributed by atoms with Crippen molar-refractivity contribution in [3.05, 3.63) is 47.5 Å². The van der Waals surface area contributed by atoms with Crippen LogP contribution in [0.4, 0.5) is 17.6 Å². The first-order valence-corrected chi connectivity index (χ1v) is 5.34. The van der Waals surface area contributed by atoms with Gasteiger partial charge in [-0.2, -0.15) is 18.3 Å². The Morgan fingerprint density at radius 3 is 2.58 bits per heavy atom. The molecule has 0 spiro atoms. The molecule has 0 aliphatic carbocycles. The van der Waals surface area contributed by atoms with Gasteiger partial charge < -0.3 is 4.74 Å². The van der Waals surface area contributed by atoms with Crippen LogP contribution in [0.25, 0.3) is 0 Å². The van der Waals surface area contributed by atoms with Gasteiger partial charge in [-0.1, -0.05) is 12.1 Å². The molecule has 1 aromatic carbocycles. The Bertz CT molecular complexity index is 577. The van der Waals surface area contributed by atoms with Gasteiger partial charge in [0.1, 0.15) is 0 Å². The van der Waals surface area contributed by atoms with Gasteiger partial charge in [0.25, 0.3) is 0 Å². The highest BCUT2D eigenvalue weighted by Gasteiger charge is 2.33. The van der Waals surface area contributed by atoms with E-state index in [1.165, 1.54) is 19.2 Å². The maximum Gasteiger partial charge on any atom is 0.435 e. The molecule has 19 heavy (non-hydrogen) atoms. The van der Waals surface area contributed by atoms with Gasteiger partial charge in [0.2, 0.25) is 0 Å². The van der Waals surface area contributed by atoms with E-state index in [9.17, 15) is 17.6 Å². The van der Waals surface area contributed by atoms with Crippen molar-refractivity contribution in [2.24, 2.45) is 0 Å². The van der Waals surface area contributed by atoms with E-state index in [1.54, 1.807) is 6.07 Å². The lowest BCUT2D eigenvalue weighted by atomic mass is 10.2. The number of benzene rings is 1. The van der Waals surface area contributed by atoms with E-state index in [1.807, 2.05) is 0 Å². The first kappa shape index (κ1) is 13.4. The summed E-state index contributed by atoms with van der Waals surface area (Å²) in [6.45, 7) is -0.0981. The van der Waals surface area contributed by atoms with Crippen molar-refractivity contribution < 1.29 is 22.3 Å². The van der Waals surface area contributed by atoms with E-state index in [0.29, 0.717) is 0 Å². The minimum atomic E-state index is -4.50. The second-order valence-corrected chi connectivity index (χ2v) is 3.83. The molecule has 102 valence electrons. The molecule has 0 radical (unpaired) electrons. The van der Waals surface area contributed by atoms with Crippen LogP contribution in [0, 0.1) is 5.82 Å². The molecule has 7 heteroatoms. The second kappa shape index (κ2) is 4.91. The third-order valence-corrected chi connectivity index (χ3v) is 2.53. The molecule has 3 nitrogen and oxygen atoms in total. The quantitative estimate of drug-likeness (QED) is 0.804. The highest BCUT2D eigenvalue weighted by Crippen LogP contribution is 2.27. The molecule has 0 saturated heterocycles. The molecular formula is C12H10F4N2O. The number of hydrogen-bond donors (Lipinski definition) is 0. The smallest absolute Gasteiger partial charge is 0.435 e. The third kappa shape index (κ3) is 2.86. The van der Waals surface area contributed by atoms with Crippen LogP contribution in [-0.2, 0) is 12.7 Å². The fourth-order valence-electron chi connectivity index (χ4n) is 1.61. The Labute approximate surface area is 106 Å². The zero-order chi connectivity index (χ0) is 14.0. The predicted molar refractivity (Wildman–Crippen MR) is 59.3 cm³/mol. The van der Waals surface area contributed by atoms with E-state index in [0.717, 1.165) is 16.9 Å². The number of aromatic nitrogens is 2. The molecule has 0 atom stereocenters. The summed E-state index contributed by atoms with van der Waals surface area (Å²) in [6.07, 6.45) is -3.35. The number of alkyl halides is 3. The average Bonchev–Trinajstić information content (AvgIpc) is 2.80. The van der Waals surface area contributed by atoms with Crippen molar-refractivity contribution >= 4 is 0 Å². The summed E-state index contributed by atoms with van der Waals surface area (Å²) >= 11 is 0. The maximum absolute atomic E-state index is 13.8. The van der Waals surface area contributed by atoms with Crippen LogP contribution in [0.5, 0.6) is 5.75 Å². The molecule has 2 aromatic rings. The standard InChI is InChI=1S/C12H10F4N2O/c1-19-9-4-2-3-8(11(9)13)7-18-6-5-10(17-18)12(14,15)16/h2-6H,7H2,1H3. The third-order valence-electron chi connectivity index (χ3n) is 2.53. The molecule has 0 N–H and O–H groups in total. The molecule has 0 saturated carbocycles. The number of hydrogen-bond acceptors (Lipinski definition) is 2. The van der Waals surface area contributed by atoms with Crippen LogP contribution in [0.1, 0.15) is 11.3 Å². The van der Waals surface area contributed by atoms with Crippen molar-refractivity contribution in [2.75, 3.05) is 7.11 Å². The van der Waals surface area contributed by atoms with Crippen LogP contribution in [-0.4, -0.2) is 16.9 Å². The first-order valence-electron chi connectivity index (χ1n) is 5.34. The minimum Gasteiger partial charge on any atom is -0.494 e. The molecular weight excluding hydrogens is 264 g/mol. The van der Waals surface area contributed by atoms with Crippen LogP contribution in [0.3, 0.4) is 0 Å². The van der Waals surface area contributed by atoms with Crippen molar-refractivity contribution in [1.82, 2.24) is 9.78 Å². The molecule has 0 aliphatic rings. The number of ether oxygens (including phenoxy) is 1. The molecule has 0 unspecified atom stereocenters. The zero-order valence-corrected chi connectivity index (χ0v) is 9.91. The fourth-order valence-corrected chi connectivity index (χ4v) is 1.61. The van der Waals surface area contributed by atoms with Crippen molar-refractivity contribution in [3.63, 3.8) is 0 Å². The SMILES string of the molecule is COc1cccc(Cn2ccc(C(F)(F)F)n2)c1F. The minimum absolute atomic E-state index is 0.0423. The summed E-state index contributed by atoms with van der Waals surface area (Å²) in [5, 5.41) is 3.36. The monoisotopic (exact) mass is 274 g/mol. The fraction of sp³-hybridized carbons (Fsp3) is 0.250. The van der Waals surface area contributed by atoms with E-state index < -0.39 is 17.7 Å². The Morgan fingerprint density at radius 1 is 1.26 bits per heavy atom. The van der Waals surface area contributed by atoms with Gasteiger partial charge in [0, 0.05) is 11.8 Å². The van der Waals surface area contributed by atoms with Crippen molar-refractivity contribution in [1.29, 1.82) is 0 Å². The van der Waals surface area contributed by atoms with E-state index in [2.05, 4.69) is 5.10 Å². The molecule has 1 heterocycles. The summed E-state index contributed by atoms with van der Waals surface area (Å²) in [6, 6.07) is 5.30. The molecule has 2 rings (SSSR count). The van der Waals surface area contributed by atoms with Crippen molar-refractivity contribution in [2.45, 2.75) is 12.7 Å². The number of rotatable bonds is 3. The summed E-state index contributed by atoms with van der Waals surface area (Å²) in [5.41, 5.74) is -0.799. The van der Waals surface area contributed by atoms with Crippen LogP contribution in [0.15, 0.2) is 30.5 Å². The Balaban J connectivity index is 2.25. The first-order chi connectivity index (χ1) is 8.91. The maximum atomic E-state index is 13.8. The Kier molecular flexibility index (Phi) is 3.46. The largest absolute Gasteiger partial charge is 0.494 e. The molecule has 0 aliphatic heterocycles. The van der Waals surface area contributed by atoms with Gasteiger partial charge in [-0.05, 0) is 12.1 Å². The topological polar surface area (TPSA) is 27.1 Å². The van der Waals surface area contributed by atoms with Crippen molar-refractivity contribution in [3.8, 4) is 5.75 Å². The lowest BCUT2D eigenvalue weighted by Crippen LogP contribution is -2.09. The van der Waals surface area contributed by atoms with E-state index >= 15 is 0 Å². The lowest BCUT2D eigenvalue weighted by Gasteiger charge is -2.07. The molecule has 1 aromatic heterocycles. The Morgan fingerprint density at radius 2 is 2.00 bits per heavy atom. The normalized spacial score (nSPS) is 11.6. The van der Waals surface area contributed by atoms with Gasteiger partial charge >= 0.3 is 6.18 Å². The summed E-state index contributed by atoms with van der Waals surface area (Å²) in [4.78, 5) is 0. The number of nitrogens with zero attached hydrogens (tertiary/aromatic N) is 2. The highest BCUT2D eigenvalue weighted by molar-refractivity contribution is 5.31. The van der Waals surface area contributed by atoms with Gasteiger partial charge in [-0.15, -0.1) is 0 Å². The summed E-state index contributed by atoms with van der Waals surface area (Å²) in [7, 11) is 1.32. The Hall–Kier alpha value is -2.05.